The summed E-state index contributed by atoms with van der Waals surface area (Å²) in [6, 6.07) is 8.64. The molecule has 0 aliphatic carbocycles. The van der Waals surface area contributed by atoms with Crippen LogP contribution in [0.2, 0.25) is 0 Å². The molecule has 3 nitrogen and oxygen atoms in total. The Bertz CT molecular complexity index is 349. The van der Waals surface area contributed by atoms with Gasteiger partial charge in [0.05, 0.1) is 11.4 Å². The molecule has 2 rings (SSSR count). The Balaban J connectivity index is 2.01. The molecule has 1 aliphatic rings. The summed E-state index contributed by atoms with van der Waals surface area (Å²) in [5, 5.41) is 3.50. The summed E-state index contributed by atoms with van der Waals surface area (Å²) in [5.74, 6) is 0. The Labute approximate surface area is 104 Å². The molecule has 1 aromatic carbocycles. The number of benzene rings is 1. The van der Waals surface area contributed by atoms with E-state index in [1.54, 1.807) is 0 Å². The van der Waals surface area contributed by atoms with Crippen LogP contribution < -0.4 is 10.2 Å². The molecule has 0 unspecified atom stereocenters. The van der Waals surface area contributed by atoms with E-state index in [0.717, 1.165) is 26.2 Å². The smallest absolute Gasteiger partial charge is 0.0602 e. The van der Waals surface area contributed by atoms with Gasteiger partial charge in [-0.05, 0) is 45.6 Å². The molecular weight excluding hydrogens is 210 g/mol. The van der Waals surface area contributed by atoms with Crippen LogP contribution in [0.1, 0.15) is 12.8 Å². The first-order valence-corrected chi connectivity index (χ1v) is 6.50. The summed E-state index contributed by atoms with van der Waals surface area (Å²) in [6.45, 7) is 4.56. The number of para-hydroxylation sites is 2. The Morgan fingerprint density at radius 1 is 1.29 bits per heavy atom. The third kappa shape index (κ3) is 3.37. The fraction of sp³-hybridized carbons (Fsp3) is 0.571. The molecule has 0 amide bonds. The number of hydrogen-bond acceptors (Lipinski definition) is 3. The normalized spacial score (nSPS) is 15.4. The second-order valence-electron chi connectivity index (χ2n) is 4.94. The number of rotatable bonds is 4. The van der Waals surface area contributed by atoms with E-state index >= 15 is 0 Å². The van der Waals surface area contributed by atoms with Crippen LogP contribution in [0, 0.1) is 0 Å². The summed E-state index contributed by atoms with van der Waals surface area (Å²) in [4.78, 5) is 4.76. The summed E-state index contributed by atoms with van der Waals surface area (Å²) in [6.07, 6.45) is 2.44. The number of hydrogen-bond donors (Lipinski definition) is 1. The highest BCUT2D eigenvalue weighted by Crippen LogP contribution is 2.27. The van der Waals surface area contributed by atoms with Crippen LogP contribution in [-0.4, -0.2) is 45.2 Å². The first kappa shape index (κ1) is 12.2. The lowest BCUT2D eigenvalue weighted by atomic mass is 10.2. The second-order valence-corrected chi connectivity index (χ2v) is 4.94. The van der Waals surface area contributed by atoms with Crippen LogP contribution in [0.25, 0.3) is 0 Å². The number of nitrogens with zero attached hydrogens (tertiary/aromatic N) is 2. The quantitative estimate of drug-likeness (QED) is 0.860. The first-order valence-electron chi connectivity index (χ1n) is 6.50. The molecule has 3 heteroatoms. The standard InChI is InChI=1S/C14H23N3/c1-16(2)10-6-12-17-11-5-9-15-13-7-3-4-8-14(13)17/h3-4,7-8,15H,5-6,9-12H2,1-2H3. The highest BCUT2D eigenvalue weighted by atomic mass is 15.2. The maximum atomic E-state index is 3.50. The lowest BCUT2D eigenvalue weighted by molar-refractivity contribution is 0.400. The van der Waals surface area contributed by atoms with Crippen LogP contribution in [0.15, 0.2) is 24.3 Å². The molecule has 0 aromatic heterocycles. The van der Waals surface area contributed by atoms with E-state index in [1.165, 1.54) is 24.2 Å². The van der Waals surface area contributed by atoms with E-state index in [2.05, 4.69) is 53.5 Å². The van der Waals surface area contributed by atoms with E-state index in [0.29, 0.717) is 0 Å². The molecule has 0 bridgehead atoms. The SMILES string of the molecule is CN(C)CCCN1CCCNc2ccccc21. The lowest BCUT2D eigenvalue weighted by Crippen LogP contribution is -2.27. The zero-order chi connectivity index (χ0) is 12.1. The summed E-state index contributed by atoms with van der Waals surface area (Å²) in [5.41, 5.74) is 2.65. The van der Waals surface area contributed by atoms with Gasteiger partial charge in [0.1, 0.15) is 0 Å². The third-order valence-electron chi connectivity index (χ3n) is 3.20. The van der Waals surface area contributed by atoms with Gasteiger partial charge in [0.2, 0.25) is 0 Å². The van der Waals surface area contributed by atoms with Gasteiger partial charge in [0.25, 0.3) is 0 Å². The Hall–Kier alpha value is -1.22. The van der Waals surface area contributed by atoms with Crippen LogP contribution in [0.4, 0.5) is 11.4 Å². The monoisotopic (exact) mass is 233 g/mol. The molecule has 0 saturated carbocycles. The molecule has 1 aromatic rings. The van der Waals surface area contributed by atoms with E-state index in [-0.39, 0.29) is 0 Å². The van der Waals surface area contributed by atoms with Crippen molar-refractivity contribution in [3.8, 4) is 0 Å². The van der Waals surface area contributed by atoms with Crippen LogP contribution >= 0.6 is 0 Å². The number of fused-ring (bicyclic) bond motifs is 1. The topological polar surface area (TPSA) is 18.5 Å². The van der Waals surface area contributed by atoms with Gasteiger partial charge in [-0.3, -0.25) is 0 Å². The van der Waals surface area contributed by atoms with Crippen molar-refractivity contribution < 1.29 is 0 Å². The van der Waals surface area contributed by atoms with Gasteiger partial charge >= 0.3 is 0 Å². The third-order valence-corrected chi connectivity index (χ3v) is 3.20. The molecule has 17 heavy (non-hydrogen) atoms. The molecule has 0 saturated heterocycles. The summed E-state index contributed by atoms with van der Waals surface area (Å²) >= 11 is 0. The fourth-order valence-electron chi connectivity index (χ4n) is 2.32. The van der Waals surface area contributed by atoms with Crippen molar-refractivity contribution in [3.05, 3.63) is 24.3 Å². The van der Waals surface area contributed by atoms with E-state index in [1.807, 2.05) is 0 Å². The Morgan fingerprint density at radius 2 is 2.12 bits per heavy atom. The molecule has 1 aliphatic heterocycles. The summed E-state index contributed by atoms with van der Waals surface area (Å²) in [7, 11) is 4.27. The number of nitrogens with one attached hydrogen (secondary N) is 1. The second kappa shape index (κ2) is 5.92. The van der Waals surface area contributed by atoms with Crippen LogP contribution in [-0.2, 0) is 0 Å². The molecule has 94 valence electrons. The van der Waals surface area contributed by atoms with Crippen molar-refractivity contribution in [1.29, 1.82) is 0 Å². The highest BCUT2D eigenvalue weighted by Gasteiger charge is 2.13. The van der Waals surface area contributed by atoms with Gasteiger partial charge in [0, 0.05) is 19.6 Å². The van der Waals surface area contributed by atoms with E-state index in [4.69, 9.17) is 0 Å². The van der Waals surface area contributed by atoms with Gasteiger partial charge in [-0.2, -0.15) is 0 Å². The minimum absolute atomic E-state index is 1.08. The maximum Gasteiger partial charge on any atom is 0.0602 e. The first-order chi connectivity index (χ1) is 8.27. The average Bonchev–Trinajstić information content (AvgIpc) is 2.52. The minimum atomic E-state index is 1.08. The zero-order valence-electron chi connectivity index (χ0n) is 10.9. The molecule has 0 spiro atoms. The van der Waals surface area contributed by atoms with Crippen molar-refractivity contribution in [3.63, 3.8) is 0 Å². The number of anilines is 2. The molecule has 1 heterocycles. The Morgan fingerprint density at radius 3 is 2.94 bits per heavy atom. The summed E-state index contributed by atoms with van der Waals surface area (Å²) < 4.78 is 0. The van der Waals surface area contributed by atoms with Gasteiger partial charge in [-0.1, -0.05) is 12.1 Å². The highest BCUT2D eigenvalue weighted by molar-refractivity contribution is 5.70. The average molecular weight is 233 g/mol. The van der Waals surface area contributed by atoms with E-state index in [9.17, 15) is 0 Å². The molecule has 0 radical (unpaired) electrons. The molecule has 0 atom stereocenters. The van der Waals surface area contributed by atoms with Crippen LogP contribution in [0.5, 0.6) is 0 Å². The van der Waals surface area contributed by atoms with Gasteiger partial charge in [-0.25, -0.2) is 0 Å². The minimum Gasteiger partial charge on any atom is -0.383 e. The molecule has 1 N–H and O–H groups in total. The van der Waals surface area contributed by atoms with Crippen LogP contribution in [0.3, 0.4) is 0 Å². The van der Waals surface area contributed by atoms with Crippen molar-refractivity contribution in [2.75, 3.05) is 50.5 Å². The van der Waals surface area contributed by atoms with Gasteiger partial charge in [0.15, 0.2) is 0 Å². The van der Waals surface area contributed by atoms with Gasteiger partial charge in [-0.15, -0.1) is 0 Å². The van der Waals surface area contributed by atoms with Crippen molar-refractivity contribution in [2.24, 2.45) is 0 Å². The van der Waals surface area contributed by atoms with Gasteiger partial charge < -0.3 is 15.1 Å². The Kier molecular flexibility index (Phi) is 4.26. The molecular formula is C14H23N3. The lowest BCUT2D eigenvalue weighted by Gasteiger charge is -2.25. The molecule has 0 fully saturated rings. The predicted molar refractivity (Wildman–Crippen MR) is 74.9 cm³/mol. The van der Waals surface area contributed by atoms with E-state index < -0.39 is 0 Å². The largest absolute Gasteiger partial charge is 0.383 e. The zero-order valence-corrected chi connectivity index (χ0v) is 10.9. The maximum absolute atomic E-state index is 3.50. The fourth-order valence-corrected chi connectivity index (χ4v) is 2.32. The predicted octanol–water partition coefficient (Wildman–Crippen LogP) is 2.26. The van der Waals surface area contributed by atoms with Crippen molar-refractivity contribution in [1.82, 2.24) is 4.90 Å². The van der Waals surface area contributed by atoms with Crippen molar-refractivity contribution >= 4 is 11.4 Å². The van der Waals surface area contributed by atoms with Crippen molar-refractivity contribution in [2.45, 2.75) is 12.8 Å².